The third kappa shape index (κ3) is 2.69. The third-order valence-corrected chi connectivity index (χ3v) is 5.09. The van der Waals surface area contributed by atoms with E-state index in [4.69, 9.17) is 4.98 Å². The van der Waals surface area contributed by atoms with Crippen molar-refractivity contribution < 1.29 is 4.79 Å². The molecule has 1 aliphatic heterocycles. The van der Waals surface area contributed by atoms with E-state index >= 15 is 0 Å². The second-order valence-electron chi connectivity index (χ2n) is 7.38. The number of rotatable bonds is 3. The fraction of sp³-hybridized carbons (Fsp3) is 0.611. The van der Waals surface area contributed by atoms with Crippen LogP contribution in [0.5, 0.6) is 0 Å². The number of hydrogen-bond donors (Lipinski definition) is 0. The Labute approximate surface area is 142 Å². The van der Waals surface area contributed by atoms with Crippen LogP contribution < -0.4 is 0 Å². The highest BCUT2D eigenvalue weighted by Crippen LogP contribution is 2.40. The van der Waals surface area contributed by atoms with Crippen molar-refractivity contribution >= 4 is 16.9 Å². The van der Waals surface area contributed by atoms with E-state index < -0.39 is 0 Å². The van der Waals surface area contributed by atoms with Crippen LogP contribution in [0.15, 0.2) is 12.3 Å². The highest BCUT2D eigenvalue weighted by atomic mass is 16.2. The van der Waals surface area contributed by atoms with Crippen LogP contribution >= 0.6 is 0 Å². The van der Waals surface area contributed by atoms with Gasteiger partial charge in [-0.3, -0.25) is 4.79 Å². The quantitative estimate of drug-likeness (QED) is 0.868. The maximum atomic E-state index is 13.1. The molecule has 24 heavy (non-hydrogen) atoms. The van der Waals surface area contributed by atoms with E-state index in [1.54, 1.807) is 0 Å². The summed E-state index contributed by atoms with van der Waals surface area (Å²) in [5, 5.41) is 5.38. The van der Waals surface area contributed by atoms with Gasteiger partial charge in [-0.05, 0) is 39.8 Å². The fourth-order valence-corrected chi connectivity index (χ4v) is 3.36. The summed E-state index contributed by atoms with van der Waals surface area (Å²) < 4.78 is 1.93. The molecule has 3 heterocycles. The van der Waals surface area contributed by atoms with Crippen molar-refractivity contribution in [3.05, 3.63) is 23.5 Å². The molecule has 0 unspecified atom stereocenters. The zero-order chi connectivity index (χ0) is 16.8. The first kappa shape index (κ1) is 15.6. The second kappa shape index (κ2) is 5.84. The number of carbonyl (C=O) groups is 1. The van der Waals surface area contributed by atoms with Crippen LogP contribution in [0.4, 0.5) is 0 Å². The first-order chi connectivity index (χ1) is 11.5. The van der Waals surface area contributed by atoms with E-state index in [1.807, 2.05) is 21.8 Å². The van der Waals surface area contributed by atoms with Crippen LogP contribution in [-0.2, 0) is 0 Å². The lowest BCUT2D eigenvalue weighted by Gasteiger charge is -2.32. The molecule has 1 saturated heterocycles. The maximum absolute atomic E-state index is 13.1. The van der Waals surface area contributed by atoms with Crippen LogP contribution in [0.3, 0.4) is 0 Å². The van der Waals surface area contributed by atoms with Gasteiger partial charge in [0, 0.05) is 43.8 Å². The smallest absolute Gasteiger partial charge is 0.254 e. The van der Waals surface area contributed by atoms with E-state index in [2.05, 4.69) is 30.9 Å². The van der Waals surface area contributed by atoms with Crippen LogP contribution in [0.25, 0.3) is 11.0 Å². The third-order valence-electron chi connectivity index (χ3n) is 5.09. The molecule has 2 aromatic rings. The van der Waals surface area contributed by atoms with E-state index in [9.17, 15) is 4.79 Å². The van der Waals surface area contributed by atoms with Crippen molar-refractivity contribution in [1.29, 1.82) is 0 Å². The van der Waals surface area contributed by atoms with Crippen molar-refractivity contribution in [2.45, 2.75) is 38.6 Å². The molecule has 2 aliphatic rings. The number of hydrogen-bond acceptors (Lipinski definition) is 4. The molecule has 0 spiro atoms. The molecule has 1 aliphatic carbocycles. The van der Waals surface area contributed by atoms with Crippen molar-refractivity contribution in [3.63, 3.8) is 0 Å². The minimum atomic E-state index is 0.126. The van der Waals surface area contributed by atoms with Gasteiger partial charge in [0.2, 0.25) is 0 Å². The van der Waals surface area contributed by atoms with Gasteiger partial charge < -0.3 is 9.80 Å². The number of nitrogens with zero attached hydrogens (tertiary/aromatic N) is 5. The molecular formula is C18H25N5O. The van der Waals surface area contributed by atoms with Gasteiger partial charge in [0.15, 0.2) is 5.65 Å². The lowest BCUT2D eigenvalue weighted by atomic mass is 10.1. The minimum absolute atomic E-state index is 0.126. The highest BCUT2D eigenvalue weighted by Gasteiger charge is 2.30. The molecule has 0 bridgehead atoms. The maximum Gasteiger partial charge on any atom is 0.254 e. The lowest BCUT2D eigenvalue weighted by molar-refractivity contribution is 0.0666. The van der Waals surface area contributed by atoms with Gasteiger partial charge in [0.05, 0.1) is 17.1 Å². The summed E-state index contributed by atoms with van der Waals surface area (Å²) >= 11 is 0. The number of pyridine rings is 1. The van der Waals surface area contributed by atoms with Crippen molar-refractivity contribution in [2.75, 3.05) is 33.2 Å². The number of likely N-dealkylation sites (N-methyl/N-ethyl adjacent to an activating group) is 1. The average molecular weight is 327 g/mol. The molecule has 6 heteroatoms. The Hall–Kier alpha value is -1.95. The molecule has 1 amide bonds. The molecular weight excluding hydrogens is 302 g/mol. The van der Waals surface area contributed by atoms with Gasteiger partial charge in [-0.25, -0.2) is 9.67 Å². The molecule has 4 rings (SSSR count). The van der Waals surface area contributed by atoms with Crippen LogP contribution in [0.2, 0.25) is 0 Å². The van der Waals surface area contributed by atoms with Crippen LogP contribution in [0, 0.1) is 0 Å². The van der Waals surface area contributed by atoms with Gasteiger partial charge in [0.1, 0.15) is 0 Å². The first-order valence-corrected chi connectivity index (χ1v) is 8.90. The zero-order valence-corrected chi connectivity index (χ0v) is 14.7. The predicted octanol–water partition coefficient (Wildman–Crippen LogP) is 2.28. The Morgan fingerprint density at radius 3 is 2.54 bits per heavy atom. The predicted molar refractivity (Wildman–Crippen MR) is 93.3 cm³/mol. The summed E-state index contributed by atoms with van der Waals surface area (Å²) in [5.41, 5.74) is 2.69. The van der Waals surface area contributed by atoms with Crippen LogP contribution in [0.1, 0.15) is 54.7 Å². The van der Waals surface area contributed by atoms with E-state index in [0.717, 1.165) is 48.5 Å². The number of aromatic nitrogens is 3. The van der Waals surface area contributed by atoms with E-state index in [-0.39, 0.29) is 11.9 Å². The number of carbonyl (C=O) groups excluding carboxylic acids is 1. The Kier molecular flexibility index (Phi) is 3.79. The molecule has 2 aromatic heterocycles. The lowest BCUT2D eigenvalue weighted by Crippen LogP contribution is -2.47. The molecule has 1 saturated carbocycles. The Balaban J connectivity index is 1.77. The van der Waals surface area contributed by atoms with E-state index in [0.29, 0.717) is 5.92 Å². The zero-order valence-electron chi connectivity index (χ0n) is 14.7. The van der Waals surface area contributed by atoms with Crippen molar-refractivity contribution in [2.24, 2.45) is 0 Å². The molecule has 2 fully saturated rings. The van der Waals surface area contributed by atoms with Crippen LogP contribution in [-0.4, -0.2) is 63.7 Å². The Morgan fingerprint density at radius 1 is 1.21 bits per heavy atom. The number of piperazine rings is 1. The Morgan fingerprint density at radius 2 is 1.92 bits per heavy atom. The normalized spacial score (nSPS) is 19.4. The monoisotopic (exact) mass is 327 g/mol. The summed E-state index contributed by atoms with van der Waals surface area (Å²) in [6.07, 6.45) is 4.16. The van der Waals surface area contributed by atoms with Gasteiger partial charge in [-0.15, -0.1) is 0 Å². The second-order valence-corrected chi connectivity index (χ2v) is 7.38. The van der Waals surface area contributed by atoms with Gasteiger partial charge in [-0.1, -0.05) is 0 Å². The molecule has 0 atom stereocenters. The molecule has 6 nitrogen and oxygen atoms in total. The van der Waals surface area contributed by atoms with Gasteiger partial charge >= 0.3 is 0 Å². The molecule has 0 radical (unpaired) electrons. The number of fused-ring (bicyclic) bond motifs is 1. The average Bonchev–Trinajstić information content (AvgIpc) is 3.33. The first-order valence-electron chi connectivity index (χ1n) is 8.90. The molecule has 0 aromatic carbocycles. The molecule has 0 N–H and O–H groups in total. The fourth-order valence-electron chi connectivity index (χ4n) is 3.36. The largest absolute Gasteiger partial charge is 0.336 e. The Bertz CT molecular complexity index is 769. The number of amides is 1. The summed E-state index contributed by atoms with van der Waals surface area (Å²) in [5.74, 6) is 0.643. The summed E-state index contributed by atoms with van der Waals surface area (Å²) in [6, 6.07) is 2.25. The SMILES string of the molecule is CC(C)n1ncc2c(C(=O)N3CCN(C)CC3)cc(C3CC3)nc21. The summed E-state index contributed by atoms with van der Waals surface area (Å²) in [4.78, 5) is 22.2. The highest BCUT2D eigenvalue weighted by molar-refractivity contribution is 6.05. The van der Waals surface area contributed by atoms with E-state index in [1.165, 1.54) is 12.8 Å². The molecule has 128 valence electrons. The van der Waals surface area contributed by atoms with Gasteiger partial charge in [0.25, 0.3) is 5.91 Å². The standard InChI is InChI=1S/C18H25N5O/c1-12(2)23-17-15(11-19-23)14(10-16(20-17)13-4-5-13)18(24)22-8-6-21(3)7-9-22/h10-13H,4-9H2,1-3H3. The topological polar surface area (TPSA) is 54.3 Å². The summed E-state index contributed by atoms with van der Waals surface area (Å²) in [6.45, 7) is 7.63. The van der Waals surface area contributed by atoms with Gasteiger partial charge in [-0.2, -0.15) is 5.10 Å². The van der Waals surface area contributed by atoms with Crippen molar-refractivity contribution in [3.8, 4) is 0 Å². The van der Waals surface area contributed by atoms with Crippen molar-refractivity contribution in [1.82, 2.24) is 24.6 Å². The summed E-state index contributed by atoms with van der Waals surface area (Å²) in [7, 11) is 2.10. The minimum Gasteiger partial charge on any atom is -0.336 e.